The minimum atomic E-state index is -0.102. The van der Waals surface area contributed by atoms with Crippen LogP contribution in [0.15, 0.2) is 144 Å². The lowest BCUT2D eigenvalue weighted by molar-refractivity contribution is 0.327. The maximum atomic E-state index is 6.74. The number of rotatable bonds is 4. The summed E-state index contributed by atoms with van der Waals surface area (Å²) in [7, 11) is 0. The van der Waals surface area contributed by atoms with Crippen molar-refractivity contribution in [3.05, 3.63) is 173 Å². The number of benzene rings is 7. The fourth-order valence-electron chi connectivity index (χ4n) is 12.1. The number of hydrogen-bond donors (Lipinski definition) is 0. The van der Waals surface area contributed by atoms with Gasteiger partial charge in [-0.1, -0.05) is 117 Å². The van der Waals surface area contributed by atoms with Gasteiger partial charge in [0.15, 0.2) is 0 Å². The number of furan rings is 1. The standard InChI is InChI=1S/C54H45NO/c1-32-25-33(2)51-46(26-32)45-16-10-15-40(52(45)56-51)35-11-9-12-37(28-35)55(38-21-23-43-41-13-5-7-17-47(41)53(3,4)49(43)29-38)39-22-24-44-42-14-6-8-18-48(42)54(50(44)30-39)31-34-19-20-36(54)27-34/h5-18,21-26,28-30,34,36H,19-20,27,31H2,1-4H3. The SMILES string of the molecule is Cc1cc(C)c2oc3c(-c4cccc(N(c5ccc6c(c5)C(C)(C)c5ccccc5-6)c5ccc6c(c5)C5(CC7CCC5C7)c5ccccc5-6)c4)cccc3c2c1. The van der Waals surface area contributed by atoms with Crippen LogP contribution in [-0.2, 0) is 10.8 Å². The predicted molar refractivity (Wildman–Crippen MR) is 233 cm³/mol. The van der Waals surface area contributed by atoms with Crippen LogP contribution < -0.4 is 4.90 Å². The van der Waals surface area contributed by atoms with Gasteiger partial charge in [0.2, 0.25) is 0 Å². The van der Waals surface area contributed by atoms with E-state index in [2.05, 4.69) is 172 Å². The number of fused-ring (bicyclic) bond motifs is 14. The van der Waals surface area contributed by atoms with Gasteiger partial charge in [-0.25, -0.2) is 0 Å². The lowest BCUT2D eigenvalue weighted by Crippen LogP contribution is -2.32. The lowest BCUT2D eigenvalue weighted by atomic mass is 9.67. The van der Waals surface area contributed by atoms with Crippen molar-refractivity contribution in [1.29, 1.82) is 0 Å². The van der Waals surface area contributed by atoms with Gasteiger partial charge < -0.3 is 9.32 Å². The molecule has 3 unspecified atom stereocenters. The summed E-state index contributed by atoms with van der Waals surface area (Å²) >= 11 is 0. The third-order valence-corrected chi connectivity index (χ3v) is 14.5. The van der Waals surface area contributed by atoms with E-state index in [0.29, 0.717) is 5.92 Å². The topological polar surface area (TPSA) is 16.4 Å². The maximum Gasteiger partial charge on any atom is 0.143 e. The highest BCUT2D eigenvalue weighted by atomic mass is 16.3. The van der Waals surface area contributed by atoms with E-state index in [9.17, 15) is 0 Å². The minimum absolute atomic E-state index is 0.102. The van der Waals surface area contributed by atoms with Crippen LogP contribution in [0.2, 0.25) is 0 Å². The van der Waals surface area contributed by atoms with E-state index in [4.69, 9.17) is 4.42 Å². The first-order valence-corrected chi connectivity index (χ1v) is 20.6. The largest absolute Gasteiger partial charge is 0.455 e. The van der Waals surface area contributed by atoms with E-state index in [1.165, 1.54) is 97.9 Å². The fourth-order valence-corrected chi connectivity index (χ4v) is 12.1. The van der Waals surface area contributed by atoms with Crippen LogP contribution >= 0.6 is 0 Å². The molecule has 0 aliphatic heterocycles. The van der Waals surface area contributed by atoms with Gasteiger partial charge in [0, 0.05) is 44.2 Å². The molecule has 0 radical (unpaired) electrons. The maximum absolute atomic E-state index is 6.74. The first-order chi connectivity index (χ1) is 27.3. The van der Waals surface area contributed by atoms with Gasteiger partial charge >= 0.3 is 0 Å². The van der Waals surface area contributed by atoms with E-state index in [1.807, 2.05) is 0 Å². The van der Waals surface area contributed by atoms with Crippen molar-refractivity contribution in [2.75, 3.05) is 4.90 Å². The van der Waals surface area contributed by atoms with Gasteiger partial charge in [0.25, 0.3) is 0 Å². The van der Waals surface area contributed by atoms with Crippen LogP contribution in [0, 0.1) is 25.7 Å². The van der Waals surface area contributed by atoms with Gasteiger partial charge in [-0.15, -0.1) is 0 Å². The Kier molecular flexibility index (Phi) is 6.57. The number of hydrogen-bond acceptors (Lipinski definition) is 2. The molecule has 2 saturated carbocycles. The third kappa shape index (κ3) is 4.28. The fraction of sp³-hybridized carbons (Fsp3) is 0.222. The molecule has 56 heavy (non-hydrogen) atoms. The molecule has 7 aromatic carbocycles. The van der Waals surface area contributed by atoms with Crippen molar-refractivity contribution >= 4 is 39.0 Å². The Morgan fingerprint density at radius 1 is 0.536 bits per heavy atom. The molecule has 1 aromatic heterocycles. The van der Waals surface area contributed by atoms with E-state index in [-0.39, 0.29) is 10.8 Å². The summed E-state index contributed by atoms with van der Waals surface area (Å²) in [5.41, 5.74) is 21.6. The smallest absolute Gasteiger partial charge is 0.143 e. The molecule has 2 nitrogen and oxygen atoms in total. The van der Waals surface area contributed by atoms with E-state index in [1.54, 1.807) is 5.56 Å². The van der Waals surface area contributed by atoms with Crippen molar-refractivity contribution in [2.24, 2.45) is 11.8 Å². The van der Waals surface area contributed by atoms with Crippen molar-refractivity contribution in [1.82, 2.24) is 0 Å². The van der Waals surface area contributed by atoms with Crippen molar-refractivity contribution in [3.63, 3.8) is 0 Å². The highest BCUT2D eigenvalue weighted by molar-refractivity contribution is 6.10. The number of para-hydroxylation sites is 1. The van der Waals surface area contributed by atoms with E-state index >= 15 is 0 Å². The van der Waals surface area contributed by atoms with Crippen LogP contribution in [0.4, 0.5) is 17.1 Å². The normalized spacial score (nSPS) is 20.8. The summed E-state index contributed by atoms with van der Waals surface area (Å²) < 4.78 is 6.74. The summed E-state index contributed by atoms with van der Waals surface area (Å²) in [5.74, 6) is 1.53. The van der Waals surface area contributed by atoms with Crippen LogP contribution in [-0.4, -0.2) is 0 Å². The van der Waals surface area contributed by atoms with Gasteiger partial charge in [-0.2, -0.15) is 0 Å². The van der Waals surface area contributed by atoms with Crippen molar-refractivity contribution in [3.8, 4) is 33.4 Å². The summed E-state index contributed by atoms with van der Waals surface area (Å²) in [6.45, 7) is 9.09. The molecule has 3 atom stereocenters. The minimum Gasteiger partial charge on any atom is -0.455 e. The van der Waals surface area contributed by atoms with Gasteiger partial charge in [0.05, 0.1) is 0 Å². The Morgan fingerprint density at radius 2 is 1.20 bits per heavy atom. The summed E-state index contributed by atoms with van der Waals surface area (Å²) in [6, 6.07) is 53.1. The second-order valence-electron chi connectivity index (χ2n) is 17.9. The highest BCUT2D eigenvalue weighted by Crippen LogP contribution is 2.66. The Balaban J connectivity index is 1.07. The van der Waals surface area contributed by atoms with Crippen LogP contribution in [0.5, 0.6) is 0 Å². The average Bonchev–Trinajstić information content (AvgIpc) is 4.03. The van der Waals surface area contributed by atoms with Gasteiger partial charge in [-0.3, -0.25) is 0 Å². The number of nitrogens with zero attached hydrogens (tertiary/aromatic N) is 1. The Hall–Kier alpha value is -5.86. The molecule has 4 aliphatic rings. The molecule has 2 bridgehead atoms. The molecule has 4 aliphatic carbocycles. The lowest BCUT2D eigenvalue weighted by Gasteiger charge is -2.37. The molecule has 2 fully saturated rings. The summed E-state index contributed by atoms with van der Waals surface area (Å²) in [5, 5.41) is 2.36. The Labute approximate surface area is 329 Å². The zero-order chi connectivity index (χ0) is 37.5. The molecule has 0 amide bonds. The zero-order valence-electron chi connectivity index (χ0n) is 32.6. The second-order valence-corrected chi connectivity index (χ2v) is 17.9. The zero-order valence-corrected chi connectivity index (χ0v) is 32.6. The molecular weight excluding hydrogens is 679 g/mol. The predicted octanol–water partition coefficient (Wildman–Crippen LogP) is 14.7. The quantitative estimate of drug-likeness (QED) is 0.180. The molecule has 2 heteroatoms. The molecule has 1 heterocycles. The highest BCUT2D eigenvalue weighted by Gasteiger charge is 2.56. The van der Waals surface area contributed by atoms with Gasteiger partial charge in [0.1, 0.15) is 11.2 Å². The number of anilines is 3. The first-order valence-electron chi connectivity index (χ1n) is 20.6. The van der Waals surface area contributed by atoms with E-state index < -0.39 is 0 Å². The van der Waals surface area contributed by atoms with Crippen LogP contribution in [0.1, 0.15) is 72.9 Å². The Morgan fingerprint density at radius 3 is 1.96 bits per heavy atom. The van der Waals surface area contributed by atoms with Gasteiger partial charge in [-0.05, 0) is 149 Å². The van der Waals surface area contributed by atoms with Crippen LogP contribution in [0.25, 0.3) is 55.3 Å². The molecule has 8 aromatic rings. The summed E-state index contributed by atoms with van der Waals surface area (Å²) in [6.07, 6.45) is 5.34. The third-order valence-electron chi connectivity index (χ3n) is 14.5. The second kappa shape index (κ2) is 11.4. The van der Waals surface area contributed by atoms with Crippen molar-refractivity contribution in [2.45, 2.75) is 64.2 Å². The molecule has 0 N–H and O–H groups in total. The van der Waals surface area contributed by atoms with Crippen LogP contribution in [0.3, 0.4) is 0 Å². The monoisotopic (exact) mass is 723 g/mol. The Bertz CT molecular complexity index is 2960. The number of aryl methyl sites for hydroxylation is 2. The molecule has 12 rings (SSSR count). The molecule has 0 saturated heterocycles. The summed E-state index contributed by atoms with van der Waals surface area (Å²) in [4.78, 5) is 2.53. The van der Waals surface area contributed by atoms with E-state index in [0.717, 1.165) is 33.9 Å². The molecular formula is C54H45NO. The molecule has 1 spiro atoms. The first kappa shape index (κ1) is 32.4. The molecule has 272 valence electrons. The van der Waals surface area contributed by atoms with Crippen molar-refractivity contribution < 1.29 is 4.42 Å². The average molecular weight is 724 g/mol.